The molecular formula is C22H19ClN2O5. The van der Waals surface area contributed by atoms with Gasteiger partial charge in [-0.1, -0.05) is 23.7 Å². The summed E-state index contributed by atoms with van der Waals surface area (Å²) >= 11 is 6.31. The van der Waals surface area contributed by atoms with Gasteiger partial charge in [0.1, 0.15) is 5.75 Å². The molecule has 1 N–H and O–H groups in total. The van der Waals surface area contributed by atoms with Gasteiger partial charge in [0.05, 0.1) is 12.0 Å². The lowest BCUT2D eigenvalue weighted by Gasteiger charge is -2.34. The lowest BCUT2D eigenvalue weighted by molar-refractivity contribution is -0.384. The average molecular weight is 427 g/mol. The number of nitro groups is 1. The summed E-state index contributed by atoms with van der Waals surface area (Å²) in [6, 6.07) is 11.6. The van der Waals surface area contributed by atoms with Crippen molar-refractivity contribution in [2.45, 2.75) is 31.1 Å². The van der Waals surface area contributed by atoms with Crippen LogP contribution in [0, 0.1) is 10.1 Å². The van der Waals surface area contributed by atoms with E-state index in [1.165, 1.54) is 18.2 Å². The first kappa shape index (κ1) is 20.1. The summed E-state index contributed by atoms with van der Waals surface area (Å²) in [5.74, 6) is -0.242. The maximum absolute atomic E-state index is 13.1. The zero-order valence-electron chi connectivity index (χ0n) is 16.2. The zero-order chi connectivity index (χ0) is 21.4. The van der Waals surface area contributed by atoms with Gasteiger partial charge in [-0.25, -0.2) is 0 Å². The van der Waals surface area contributed by atoms with Crippen LogP contribution in [0.1, 0.15) is 42.2 Å². The van der Waals surface area contributed by atoms with E-state index < -0.39 is 10.8 Å². The van der Waals surface area contributed by atoms with E-state index in [4.69, 9.17) is 16.3 Å². The summed E-state index contributed by atoms with van der Waals surface area (Å²) in [5, 5.41) is 14.3. The highest BCUT2D eigenvalue weighted by atomic mass is 35.5. The molecule has 2 aromatic rings. The molecule has 1 amide bonds. The van der Waals surface area contributed by atoms with Gasteiger partial charge in [0.2, 0.25) is 5.91 Å². The van der Waals surface area contributed by atoms with Gasteiger partial charge >= 0.3 is 0 Å². The second-order valence-corrected chi connectivity index (χ2v) is 7.87. The highest BCUT2D eigenvalue weighted by Crippen LogP contribution is 2.44. The molecule has 0 fully saturated rings. The average Bonchev–Trinajstić information content (AvgIpc) is 2.73. The normalized spacial score (nSPS) is 21.1. The molecule has 1 aliphatic heterocycles. The van der Waals surface area contributed by atoms with Gasteiger partial charge in [-0.15, -0.1) is 0 Å². The van der Waals surface area contributed by atoms with Gasteiger partial charge in [-0.2, -0.15) is 0 Å². The van der Waals surface area contributed by atoms with E-state index in [2.05, 4.69) is 5.32 Å². The number of carbonyl (C=O) groups is 2. The molecule has 1 aliphatic carbocycles. The lowest BCUT2D eigenvalue weighted by Crippen LogP contribution is -2.38. The van der Waals surface area contributed by atoms with Gasteiger partial charge < -0.3 is 10.1 Å². The summed E-state index contributed by atoms with van der Waals surface area (Å²) in [4.78, 5) is 36.2. The van der Waals surface area contributed by atoms with Gasteiger partial charge in [0.15, 0.2) is 5.78 Å². The van der Waals surface area contributed by atoms with Crippen molar-refractivity contribution in [2.24, 2.45) is 0 Å². The van der Waals surface area contributed by atoms with E-state index in [0.29, 0.717) is 34.7 Å². The van der Waals surface area contributed by atoms with E-state index in [0.717, 1.165) is 11.3 Å². The number of nitro benzene ring substituents is 1. The van der Waals surface area contributed by atoms with E-state index in [-0.39, 0.29) is 29.7 Å². The Hall–Kier alpha value is -3.19. The van der Waals surface area contributed by atoms with Crippen LogP contribution < -0.4 is 10.1 Å². The standard InChI is InChI=1S/C22H19ClN2O5/c1-30-15-5-2-12(3-6-15)13-8-19-22(20(26)9-13)17(11-21(27)24-19)16-10-14(25(28)29)4-7-18(16)23/h2-7,10,13,17H,8-9,11H2,1H3,(H,24,27)/t13-,17-/m0/s1. The Bertz CT molecular complexity index is 1080. The van der Waals surface area contributed by atoms with Gasteiger partial charge in [-0.05, 0) is 41.7 Å². The summed E-state index contributed by atoms with van der Waals surface area (Å²) in [6.07, 6.45) is 0.824. The third-order valence-corrected chi connectivity index (χ3v) is 6.03. The van der Waals surface area contributed by atoms with Crippen molar-refractivity contribution in [3.63, 3.8) is 0 Å². The second kappa shape index (κ2) is 7.91. The first-order chi connectivity index (χ1) is 14.4. The molecule has 154 valence electrons. The molecule has 4 rings (SSSR count). The van der Waals surface area contributed by atoms with Gasteiger partial charge in [0.25, 0.3) is 5.69 Å². The van der Waals surface area contributed by atoms with Crippen molar-refractivity contribution in [2.75, 3.05) is 7.11 Å². The number of hydrogen-bond acceptors (Lipinski definition) is 5. The predicted octanol–water partition coefficient (Wildman–Crippen LogP) is 4.26. The number of allylic oxidation sites excluding steroid dienone is 2. The van der Waals surface area contributed by atoms with Crippen molar-refractivity contribution in [3.8, 4) is 5.75 Å². The Balaban J connectivity index is 1.72. The molecule has 7 nitrogen and oxygen atoms in total. The van der Waals surface area contributed by atoms with Crippen LogP contribution in [0.25, 0.3) is 0 Å². The molecule has 0 unspecified atom stereocenters. The summed E-state index contributed by atoms with van der Waals surface area (Å²) in [5.41, 5.74) is 2.38. The molecule has 2 aliphatic rings. The van der Waals surface area contributed by atoms with E-state index in [9.17, 15) is 19.7 Å². The lowest BCUT2D eigenvalue weighted by atomic mass is 9.73. The number of methoxy groups -OCH3 is 1. The van der Waals surface area contributed by atoms with E-state index >= 15 is 0 Å². The molecule has 30 heavy (non-hydrogen) atoms. The zero-order valence-corrected chi connectivity index (χ0v) is 16.9. The molecule has 2 aromatic carbocycles. The quantitative estimate of drug-likeness (QED) is 0.581. The van der Waals surface area contributed by atoms with Gasteiger partial charge in [0, 0.05) is 47.2 Å². The number of hydrogen-bond donors (Lipinski definition) is 1. The minimum atomic E-state index is -0.592. The molecule has 0 radical (unpaired) electrons. The first-order valence-electron chi connectivity index (χ1n) is 9.51. The Morgan fingerprint density at radius 3 is 2.50 bits per heavy atom. The van der Waals surface area contributed by atoms with Crippen molar-refractivity contribution >= 4 is 29.0 Å². The van der Waals surface area contributed by atoms with Crippen LogP contribution in [-0.4, -0.2) is 23.7 Å². The Morgan fingerprint density at radius 1 is 1.10 bits per heavy atom. The number of ketones is 1. The van der Waals surface area contributed by atoms with Crippen LogP contribution in [0.3, 0.4) is 0 Å². The van der Waals surface area contributed by atoms with Crippen molar-refractivity contribution in [3.05, 3.63) is 80.0 Å². The van der Waals surface area contributed by atoms with Crippen molar-refractivity contribution in [1.29, 1.82) is 0 Å². The Labute approximate surface area is 177 Å². The van der Waals surface area contributed by atoms with Crippen LogP contribution in [0.15, 0.2) is 53.7 Å². The molecule has 0 bridgehead atoms. The number of halogens is 1. The third-order valence-electron chi connectivity index (χ3n) is 5.69. The van der Waals surface area contributed by atoms with Gasteiger partial charge in [-0.3, -0.25) is 19.7 Å². The van der Waals surface area contributed by atoms with Crippen molar-refractivity contribution in [1.82, 2.24) is 5.32 Å². The topological polar surface area (TPSA) is 98.5 Å². The third kappa shape index (κ3) is 3.68. The summed E-state index contributed by atoms with van der Waals surface area (Å²) in [7, 11) is 1.59. The van der Waals surface area contributed by atoms with Crippen LogP contribution in [-0.2, 0) is 9.59 Å². The van der Waals surface area contributed by atoms with Crippen LogP contribution in [0.2, 0.25) is 5.02 Å². The Kier molecular flexibility index (Phi) is 5.30. The largest absolute Gasteiger partial charge is 0.497 e. The number of amides is 1. The summed E-state index contributed by atoms with van der Waals surface area (Å²) in [6.45, 7) is 0. The molecule has 8 heteroatoms. The van der Waals surface area contributed by atoms with E-state index in [1.807, 2.05) is 24.3 Å². The fraction of sp³-hybridized carbons (Fsp3) is 0.273. The highest BCUT2D eigenvalue weighted by molar-refractivity contribution is 6.31. The molecular weight excluding hydrogens is 408 g/mol. The van der Waals surface area contributed by atoms with Crippen LogP contribution in [0.4, 0.5) is 5.69 Å². The minimum absolute atomic E-state index is 0.0265. The molecule has 0 aromatic heterocycles. The fourth-order valence-corrected chi connectivity index (χ4v) is 4.50. The number of non-ortho nitro benzene ring substituents is 1. The fourth-order valence-electron chi connectivity index (χ4n) is 4.25. The predicted molar refractivity (Wildman–Crippen MR) is 111 cm³/mol. The SMILES string of the molecule is COc1ccc([C@@H]2CC(=O)C3=C(C2)NC(=O)C[C@H]3c2cc([N+](=O)[O-])ccc2Cl)cc1. The number of nitrogens with zero attached hydrogens (tertiary/aromatic N) is 1. The van der Waals surface area contributed by atoms with Crippen LogP contribution in [0.5, 0.6) is 5.75 Å². The molecule has 2 atom stereocenters. The number of ether oxygens (including phenoxy) is 1. The Morgan fingerprint density at radius 2 is 1.83 bits per heavy atom. The molecule has 0 saturated heterocycles. The monoisotopic (exact) mass is 426 g/mol. The second-order valence-electron chi connectivity index (χ2n) is 7.46. The highest BCUT2D eigenvalue weighted by Gasteiger charge is 2.39. The number of Topliss-reactive ketones (excluding diaryl/α,β-unsaturated/α-hetero) is 1. The molecule has 1 heterocycles. The summed E-state index contributed by atoms with van der Waals surface area (Å²) < 4.78 is 5.18. The maximum Gasteiger partial charge on any atom is 0.269 e. The maximum atomic E-state index is 13.1. The molecule has 0 saturated carbocycles. The number of rotatable bonds is 4. The number of nitrogens with one attached hydrogen (secondary N) is 1. The molecule has 0 spiro atoms. The minimum Gasteiger partial charge on any atom is -0.497 e. The smallest absolute Gasteiger partial charge is 0.269 e. The van der Waals surface area contributed by atoms with Crippen LogP contribution >= 0.6 is 11.6 Å². The number of carbonyl (C=O) groups excluding carboxylic acids is 2. The first-order valence-corrected chi connectivity index (χ1v) is 9.89. The van der Waals surface area contributed by atoms with Crippen molar-refractivity contribution < 1.29 is 19.2 Å². The number of benzene rings is 2. The van der Waals surface area contributed by atoms with E-state index in [1.54, 1.807) is 7.11 Å².